The van der Waals surface area contributed by atoms with E-state index in [9.17, 15) is 9.59 Å². The lowest BCUT2D eigenvalue weighted by Gasteiger charge is -2.32. The summed E-state index contributed by atoms with van der Waals surface area (Å²) < 4.78 is 1.54. The van der Waals surface area contributed by atoms with E-state index >= 15 is 0 Å². The summed E-state index contributed by atoms with van der Waals surface area (Å²) in [6.07, 6.45) is 3.04. The van der Waals surface area contributed by atoms with E-state index in [0.29, 0.717) is 24.0 Å². The van der Waals surface area contributed by atoms with E-state index in [1.165, 1.54) is 10.9 Å². The first-order valence-corrected chi connectivity index (χ1v) is 8.18. The van der Waals surface area contributed by atoms with Crippen LogP contribution in [-0.2, 0) is 11.8 Å². The second-order valence-electron chi connectivity index (χ2n) is 6.08. The maximum Gasteiger partial charge on any atom is 0.263 e. The van der Waals surface area contributed by atoms with Gasteiger partial charge in [0.05, 0.1) is 6.20 Å². The Bertz CT molecular complexity index is 978. The lowest BCUT2D eigenvalue weighted by molar-refractivity contribution is -0.120. The SMILES string of the molecule is Cn1ncc2c(=O)[nH]c(NC3CCCN(c4ccccc4)C3=O)nc21. The third kappa shape index (κ3) is 2.75. The molecule has 1 aliphatic heterocycles. The quantitative estimate of drug-likeness (QED) is 0.750. The van der Waals surface area contributed by atoms with E-state index in [2.05, 4.69) is 20.4 Å². The van der Waals surface area contributed by atoms with Crippen LogP contribution in [0, 0.1) is 0 Å². The molecule has 0 aliphatic carbocycles. The summed E-state index contributed by atoms with van der Waals surface area (Å²) in [5.74, 6) is 0.263. The molecule has 0 spiro atoms. The predicted octanol–water partition coefficient (Wildman–Crippen LogP) is 1.26. The van der Waals surface area contributed by atoms with Gasteiger partial charge in [0.1, 0.15) is 11.4 Å². The zero-order valence-corrected chi connectivity index (χ0v) is 13.8. The van der Waals surface area contributed by atoms with E-state index in [1.54, 1.807) is 11.9 Å². The van der Waals surface area contributed by atoms with Gasteiger partial charge in [-0.1, -0.05) is 18.2 Å². The number of para-hydroxylation sites is 1. The third-order valence-electron chi connectivity index (χ3n) is 4.42. The number of hydrogen-bond donors (Lipinski definition) is 2. The molecule has 1 aromatic carbocycles. The molecule has 1 saturated heterocycles. The van der Waals surface area contributed by atoms with Gasteiger partial charge in [-0.15, -0.1) is 0 Å². The van der Waals surface area contributed by atoms with Gasteiger partial charge in [-0.3, -0.25) is 19.3 Å². The van der Waals surface area contributed by atoms with Gasteiger partial charge in [0.25, 0.3) is 5.56 Å². The molecule has 8 nitrogen and oxygen atoms in total. The highest BCUT2D eigenvalue weighted by Crippen LogP contribution is 2.22. The van der Waals surface area contributed by atoms with Gasteiger partial charge < -0.3 is 10.2 Å². The standard InChI is InChI=1S/C17H18N6O2/c1-22-14-12(10-18-22)15(24)21-17(20-14)19-13-8-5-9-23(16(13)25)11-6-3-2-4-7-11/h2-4,6-7,10,13H,5,8-9H2,1H3,(H2,19,20,21,24). The largest absolute Gasteiger partial charge is 0.344 e. The Balaban J connectivity index is 1.61. The lowest BCUT2D eigenvalue weighted by Crippen LogP contribution is -2.48. The molecule has 0 radical (unpaired) electrons. The van der Waals surface area contributed by atoms with Crippen LogP contribution in [-0.4, -0.2) is 38.2 Å². The third-order valence-corrected chi connectivity index (χ3v) is 4.42. The van der Waals surface area contributed by atoms with Crippen molar-refractivity contribution in [2.45, 2.75) is 18.9 Å². The Kier molecular flexibility index (Phi) is 3.72. The fourth-order valence-electron chi connectivity index (χ4n) is 3.14. The Hall–Kier alpha value is -3.16. The van der Waals surface area contributed by atoms with Gasteiger partial charge >= 0.3 is 0 Å². The molecule has 8 heteroatoms. The van der Waals surface area contributed by atoms with Crippen molar-refractivity contribution in [1.29, 1.82) is 0 Å². The molecule has 0 saturated carbocycles. The van der Waals surface area contributed by atoms with Crippen LogP contribution in [0.15, 0.2) is 41.3 Å². The summed E-state index contributed by atoms with van der Waals surface area (Å²) in [6.45, 7) is 0.686. The number of anilines is 2. The highest BCUT2D eigenvalue weighted by molar-refractivity contribution is 5.99. The van der Waals surface area contributed by atoms with Crippen molar-refractivity contribution in [1.82, 2.24) is 19.7 Å². The molecule has 1 fully saturated rings. The Labute approximate surface area is 143 Å². The van der Waals surface area contributed by atoms with Gasteiger partial charge in [0.15, 0.2) is 5.65 Å². The highest BCUT2D eigenvalue weighted by Gasteiger charge is 2.30. The fraction of sp³-hybridized carbons (Fsp3) is 0.294. The topological polar surface area (TPSA) is 95.9 Å². The van der Waals surface area contributed by atoms with Crippen molar-refractivity contribution in [3.05, 3.63) is 46.9 Å². The van der Waals surface area contributed by atoms with E-state index < -0.39 is 6.04 Å². The highest BCUT2D eigenvalue weighted by atomic mass is 16.2. The summed E-state index contributed by atoms with van der Waals surface area (Å²) >= 11 is 0. The molecule has 2 N–H and O–H groups in total. The molecule has 1 amide bonds. The maximum atomic E-state index is 12.8. The average molecular weight is 338 g/mol. The number of benzene rings is 1. The van der Waals surface area contributed by atoms with Gasteiger partial charge in [-0.2, -0.15) is 10.1 Å². The van der Waals surface area contributed by atoms with E-state index in [-0.39, 0.29) is 17.4 Å². The average Bonchev–Trinajstić information content (AvgIpc) is 2.99. The van der Waals surface area contributed by atoms with Crippen LogP contribution in [0.5, 0.6) is 0 Å². The minimum absolute atomic E-state index is 0.0230. The molecule has 0 bridgehead atoms. The number of H-pyrrole nitrogens is 1. The molecule has 25 heavy (non-hydrogen) atoms. The Morgan fingerprint density at radius 3 is 2.84 bits per heavy atom. The summed E-state index contributed by atoms with van der Waals surface area (Å²) in [5.41, 5.74) is 1.08. The number of piperidine rings is 1. The minimum Gasteiger partial charge on any atom is -0.344 e. The number of aromatic amines is 1. The van der Waals surface area contributed by atoms with Crippen LogP contribution in [0.2, 0.25) is 0 Å². The zero-order chi connectivity index (χ0) is 17.4. The predicted molar refractivity (Wildman–Crippen MR) is 94.6 cm³/mol. The maximum absolute atomic E-state index is 12.8. The van der Waals surface area contributed by atoms with E-state index in [4.69, 9.17) is 0 Å². The monoisotopic (exact) mass is 338 g/mol. The van der Waals surface area contributed by atoms with Gasteiger partial charge in [0, 0.05) is 19.3 Å². The molecule has 1 aliphatic rings. The van der Waals surface area contributed by atoms with Crippen LogP contribution in [0.1, 0.15) is 12.8 Å². The zero-order valence-electron chi connectivity index (χ0n) is 13.8. The van der Waals surface area contributed by atoms with Crippen LogP contribution < -0.4 is 15.8 Å². The first-order valence-electron chi connectivity index (χ1n) is 8.18. The molecule has 3 heterocycles. The van der Waals surface area contributed by atoms with Crippen molar-refractivity contribution in [2.75, 3.05) is 16.8 Å². The number of nitrogens with zero attached hydrogens (tertiary/aromatic N) is 4. The number of nitrogens with one attached hydrogen (secondary N) is 2. The summed E-state index contributed by atoms with van der Waals surface area (Å²) in [4.78, 5) is 33.8. The fourth-order valence-corrected chi connectivity index (χ4v) is 3.14. The van der Waals surface area contributed by atoms with Crippen LogP contribution in [0.3, 0.4) is 0 Å². The van der Waals surface area contributed by atoms with Crippen molar-refractivity contribution < 1.29 is 4.79 Å². The number of aromatic nitrogens is 4. The molecular formula is C17H18N6O2. The Morgan fingerprint density at radius 1 is 1.24 bits per heavy atom. The molecule has 4 rings (SSSR count). The van der Waals surface area contributed by atoms with Crippen molar-refractivity contribution in [2.24, 2.45) is 7.05 Å². The normalized spacial score (nSPS) is 17.9. The number of amides is 1. The lowest BCUT2D eigenvalue weighted by atomic mass is 10.0. The number of rotatable bonds is 3. The van der Waals surface area contributed by atoms with Crippen LogP contribution >= 0.6 is 0 Å². The van der Waals surface area contributed by atoms with E-state index in [1.807, 2.05) is 30.3 Å². The summed E-state index contributed by atoms with van der Waals surface area (Å²) in [7, 11) is 1.72. The molecule has 128 valence electrons. The smallest absolute Gasteiger partial charge is 0.263 e. The van der Waals surface area contributed by atoms with Crippen LogP contribution in [0.4, 0.5) is 11.6 Å². The molecule has 1 atom stereocenters. The number of carbonyl (C=O) groups is 1. The first-order chi connectivity index (χ1) is 12.1. The first kappa shape index (κ1) is 15.4. The van der Waals surface area contributed by atoms with Gasteiger partial charge in [-0.25, -0.2) is 0 Å². The number of fused-ring (bicyclic) bond motifs is 1. The molecule has 2 aromatic heterocycles. The van der Waals surface area contributed by atoms with Crippen molar-refractivity contribution >= 4 is 28.6 Å². The second-order valence-corrected chi connectivity index (χ2v) is 6.08. The van der Waals surface area contributed by atoms with Gasteiger partial charge in [0.2, 0.25) is 11.9 Å². The van der Waals surface area contributed by atoms with Crippen LogP contribution in [0.25, 0.3) is 11.0 Å². The summed E-state index contributed by atoms with van der Waals surface area (Å²) in [6, 6.07) is 9.16. The van der Waals surface area contributed by atoms with Crippen molar-refractivity contribution in [3.8, 4) is 0 Å². The molecule has 1 unspecified atom stereocenters. The molecule has 3 aromatic rings. The molecular weight excluding hydrogens is 320 g/mol. The van der Waals surface area contributed by atoms with E-state index in [0.717, 1.165) is 12.1 Å². The van der Waals surface area contributed by atoms with Gasteiger partial charge in [-0.05, 0) is 25.0 Å². The number of carbonyl (C=O) groups excluding carboxylic acids is 1. The summed E-state index contributed by atoms with van der Waals surface area (Å²) in [5, 5.41) is 7.55. The van der Waals surface area contributed by atoms with Crippen molar-refractivity contribution in [3.63, 3.8) is 0 Å². The number of aryl methyl sites for hydroxylation is 1. The second kappa shape index (κ2) is 6.04. The Morgan fingerprint density at radius 2 is 2.04 bits per heavy atom. The number of hydrogen-bond acceptors (Lipinski definition) is 5. The minimum atomic E-state index is -0.428.